The van der Waals surface area contributed by atoms with Crippen LogP contribution in [0.2, 0.25) is 0 Å². The zero-order valence-electron chi connectivity index (χ0n) is 10.5. The smallest absolute Gasteiger partial charge is 0.0560 e. The Balaban J connectivity index is 4.04. The van der Waals surface area contributed by atoms with Gasteiger partial charge in [0.05, 0.1) is 0 Å². The van der Waals surface area contributed by atoms with Crippen molar-refractivity contribution in [3.8, 4) is 0 Å². The molecule has 0 bridgehead atoms. The fourth-order valence-corrected chi connectivity index (χ4v) is 3.76. The van der Waals surface area contributed by atoms with Gasteiger partial charge in [0.2, 0.25) is 0 Å². The largest absolute Gasteiger partial charge is 0.562 e. The van der Waals surface area contributed by atoms with Crippen LogP contribution in [-0.2, 0) is 13.4 Å². The Morgan fingerprint density at radius 1 is 0.800 bits per heavy atom. The van der Waals surface area contributed by atoms with E-state index < -0.39 is 16.1 Å². The molecule has 0 aliphatic carbocycles. The Morgan fingerprint density at radius 3 is 1.27 bits per heavy atom. The quantitative estimate of drug-likeness (QED) is 0.688. The highest BCUT2D eigenvalue weighted by molar-refractivity contribution is 7.53. The molecule has 0 saturated carbocycles. The van der Waals surface area contributed by atoms with Crippen LogP contribution in [0.5, 0.6) is 0 Å². The molecule has 0 amide bonds. The average molecular weight is 252 g/mol. The minimum Gasteiger partial charge on any atom is -0.0560 e. The van der Waals surface area contributed by atoms with Crippen LogP contribution in [-0.4, -0.2) is 12.3 Å². The maximum atomic E-state index is 11.5. The van der Waals surface area contributed by atoms with Gasteiger partial charge in [-0.15, -0.1) is 0 Å². The summed E-state index contributed by atoms with van der Waals surface area (Å²) in [5.41, 5.74) is -0.100. The van der Waals surface area contributed by atoms with Crippen molar-refractivity contribution in [2.75, 3.05) is 12.3 Å². The second-order valence-electron chi connectivity index (χ2n) is 6.18. The second-order valence-corrected chi connectivity index (χ2v) is 8.80. The van der Waals surface area contributed by atoms with E-state index in [-0.39, 0.29) is 10.8 Å². The number of rotatable bonds is 4. The van der Waals surface area contributed by atoms with Crippen LogP contribution in [0.1, 0.15) is 41.5 Å². The van der Waals surface area contributed by atoms with Crippen molar-refractivity contribution >= 4 is 16.1 Å². The summed E-state index contributed by atoms with van der Waals surface area (Å²) >= 11 is 0. The monoisotopic (exact) mass is 252 g/mol. The van der Waals surface area contributed by atoms with Gasteiger partial charge in [0, 0.05) is 10.8 Å². The molecule has 88 valence electrons. The molecule has 0 aromatic heterocycles. The summed E-state index contributed by atoms with van der Waals surface area (Å²) in [6.07, 6.45) is 0.904. The van der Waals surface area contributed by atoms with E-state index in [2.05, 4.69) is 0 Å². The predicted molar refractivity (Wildman–Crippen MR) is 64.9 cm³/mol. The van der Waals surface area contributed by atoms with Crippen molar-refractivity contribution in [1.82, 2.24) is 0 Å². The topological polar surface area (TPSA) is 43.4 Å². The van der Waals surface area contributed by atoms with Crippen molar-refractivity contribution < 1.29 is 13.4 Å². The van der Waals surface area contributed by atoms with Gasteiger partial charge in [-0.05, 0) is 9.13 Å². The molecule has 0 spiro atoms. The highest BCUT2D eigenvalue weighted by atomic mass is 31.2. The van der Waals surface area contributed by atoms with Crippen molar-refractivity contribution in [3.63, 3.8) is 0 Å². The highest BCUT2D eigenvalue weighted by Crippen LogP contribution is 2.44. The summed E-state index contributed by atoms with van der Waals surface area (Å²) in [5.74, 6) is 0. The third kappa shape index (κ3) is 10.4. The lowest BCUT2D eigenvalue weighted by molar-refractivity contribution is 0.420. The molecule has 0 heterocycles. The van der Waals surface area contributed by atoms with Gasteiger partial charge in [-0.2, -0.15) is 0 Å². The number of hydrogen-bond acceptors (Lipinski definition) is 3. The zero-order valence-corrected chi connectivity index (χ0v) is 12.3. The molecule has 0 rings (SSSR count). The van der Waals surface area contributed by atoms with Crippen LogP contribution in [0, 0.1) is 10.8 Å². The Hall–Kier alpha value is 0.160. The van der Waals surface area contributed by atoms with Crippen molar-refractivity contribution in [2.24, 2.45) is 10.8 Å². The molecule has 5 heteroatoms. The molecule has 2 atom stereocenters. The molecule has 0 N–H and O–H groups in total. The van der Waals surface area contributed by atoms with Crippen molar-refractivity contribution in [3.05, 3.63) is 0 Å². The first kappa shape index (κ1) is 15.2. The molecule has 0 aromatic rings. The van der Waals surface area contributed by atoms with Gasteiger partial charge in [-0.3, -0.25) is 0 Å². The van der Waals surface area contributed by atoms with Crippen LogP contribution in [0.4, 0.5) is 0 Å². The molecule has 0 aromatic carbocycles. The first-order valence-electron chi connectivity index (χ1n) is 5.07. The minimum absolute atomic E-state index is 0.0502. The van der Waals surface area contributed by atoms with E-state index in [9.17, 15) is 9.13 Å². The van der Waals surface area contributed by atoms with E-state index in [1.54, 1.807) is 0 Å². The van der Waals surface area contributed by atoms with Crippen molar-refractivity contribution in [2.45, 2.75) is 41.5 Å². The lowest BCUT2D eigenvalue weighted by Gasteiger charge is -2.09. The van der Waals surface area contributed by atoms with E-state index in [1.165, 1.54) is 0 Å². The maximum absolute atomic E-state index is 11.5. The second kappa shape index (κ2) is 5.48. The molecule has 0 fully saturated rings. The van der Waals surface area contributed by atoms with Crippen LogP contribution in [0.25, 0.3) is 0 Å². The van der Waals surface area contributed by atoms with E-state index in [1.807, 2.05) is 41.5 Å². The van der Waals surface area contributed by atoms with E-state index in [4.69, 9.17) is 4.31 Å². The molecular formula is C10H22O3P2+2. The summed E-state index contributed by atoms with van der Waals surface area (Å²) in [6, 6.07) is 0. The fraction of sp³-hybridized carbons (Fsp3) is 1.00. The summed E-state index contributed by atoms with van der Waals surface area (Å²) in [5, 5.41) is 0. The van der Waals surface area contributed by atoms with Gasteiger partial charge in [-0.1, -0.05) is 41.5 Å². The molecule has 0 radical (unpaired) electrons. The maximum Gasteiger partial charge on any atom is 0.562 e. The van der Waals surface area contributed by atoms with E-state index >= 15 is 0 Å². The molecule has 2 unspecified atom stereocenters. The summed E-state index contributed by atoms with van der Waals surface area (Å²) in [4.78, 5) is 0. The van der Waals surface area contributed by atoms with Crippen LogP contribution >= 0.6 is 16.1 Å². The minimum atomic E-state index is -1.79. The Bertz CT molecular complexity index is 222. The van der Waals surface area contributed by atoms with Crippen LogP contribution in [0.3, 0.4) is 0 Å². The van der Waals surface area contributed by atoms with Gasteiger partial charge >= 0.3 is 16.1 Å². The van der Waals surface area contributed by atoms with E-state index in [0.717, 1.165) is 0 Å². The van der Waals surface area contributed by atoms with Gasteiger partial charge in [0.25, 0.3) is 0 Å². The summed E-state index contributed by atoms with van der Waals surface area (Å²) in [6.45, 7) is 11.9. The van der Waals surface area contributed by atoms with Crippen LogP contribution < -0.4 is 0 Å². The third-order valence-electron chi connectivity index (χ3n) is 1.39. The SMILES string of the molecule is CC(C)(C)C[P+](=O)O[P+](=O)CC(C)(C)C. The molecule has 0 aliphatic heterocycles. The Kier molecular flexibility index (Phi) is 5.54. The third-order valence-corrected chi connectivity index (χ3v) is 5.26. The number of hydrogen-bond donors (Lipinski definition) is 0. The van der Waals surface area contributed by atoms with Gasteiger partial charge in [-0.25, -0.2) is 0 Å². The van der Waals surface area contributed by atoms with Gasteiger partial charge < -0.3 is 0 Å². The predicted octanol–water partition coefficient (Wildman–Crippen LogP) is 4.58. The molecular weight excluding hydrogens is 230 g/mol. The zero-order chi connectivity index (χ0) is 12.3. The Labute approximate surface area is 94.7 Å². The van der Waals surface area contributed by atoms with E-state index in [0.29, 0.717) is 12.3 Å². The normalized spacial score (nSPS) is 15.1. The summed E-state index contributed by atoms with van der Waals surface area (Å²) in [7, 11) is -3.59. The van der Waals surface area contributed by atoms with Crippen LogP contribution in [0.15, 0.2) is 0 Å². The van der Waals surface area contributed by atoms with Gasteiger partial charge in [0.15, 0.2) is 12.3 Å². The fourth-order valence-electron chi connectivity index (χ4n) is 0.934. The first-order chi connectivity index (χ1) is 6.49. The lowest BCUT2D eigenvalue weighted by atomic mass is 10.0. The molecule has 15 heavy (non-hydrogen) atoms. The molecule has 0 aliphatic rings. The average Bonchev–Trinajstić information content (AvgIpc) is 1.73. The Morgan fingerprint density at radius 2 is 1.07 bits per heavy atom. The molecule has 3 nitrogen and oxygen atoms in total. The summed E-state index contributed by atoms with van der Waals surface area (Å²) < 4.78 is 28.0. The first-order valence-corrected chi connectivity index (χ1v) is 7.80. The highest BCUT2D eigenvalue weighted by Gasteiger charge is 2.40. The van der Waals surface area contributed by atoms with Crippen molar-refractivity contribution in [1.29, 1.82) is 0 Å². The lowest BCUT2D eigenvalue weighted by Crippen LogP contribution is -2.10. The van der Waals surface area contributed by atoms with Gasteiger partial charge in [0.1, 0.15) is 4.31 Å². The molecule has 0 saturated heterocycles. The standard InChI is InChI=1S/C10H22O3P2/c1-9(2,3)7-14(11)13-15(12)8-10(4,5)6/h7-8H2,1-6H3/q+2.